The fourth-order valence-electron chi connectivity index (χ4n) is 13.9. The van der Waals surface area contributed by atoms with Crippen molar-refractivity contribution < 1.29 is 4.42 Å². The minimum Gasteiger partial charge on any atom is -0.445 e. The van der Waals surface area contributed by atoms with Crippen LogP contribution in [-0.4, -0.2) is 12.8 Å². The molecule has 0 fully saturated rings. The van der Waals surface area contributed by atoms with E-state index in [2.05, 4.69) is 219 Å². The molecule has 6 aliphatic rings. The molecule has 2 aliphatic heterocycles. The summed E-state index contributed by atoms with van der Waals surface area (Å²) in [5.74, 6) is 2.26. The van der Waals surface area contributed by atoms with Gasteiger partial charge in [-0.15, -0.1) is 0 Å². The number of fused-ring (bicyclic) bond motifs is 8. The van der Waals surface area contributed by atoms with Crippen LogP contribution < -0.4 is 26.2 Å². The zero-order valence-electron chi connectivity index (χ0n) is 46.5. The summed E-state index contributed by atoms with van der Waals surface area (Å²) < 4.78 is 7.78. The van der Waals surface area contributed by atoms with Crippen LogP contribution in [0.2, 0.25) is 0 Å². The highest BCUT2D eigenvalue weighted by Gasteiger charge is 2.54. The van der Waals surface area contributed by atoms with Crippen molar-refractivity contribution in [3.8, 4) is 11.1 Å². The Bertz CT molecular complexity index is 3050. The maximum atomic E-state index is 7.78. The first-order valence-corrected chi connectivity index (χ1v) is 27.2. The van der Waals surface area contributed by atoms with E-state index in [0.29, 0.717) is 0 Å². The van der Waals surface area contributed by atoms with Gasteiger partial charge in [0.15, 0.2) is 5.88 Å². The number of hydrogen-bond acceptors (Lipinski definition) is 3. The van der Waals surface area contributed by atoms with Crippen LogP contribution in [0.15, 0.2) is 94.9 Å². The first kappa shape index (κ1) is 47.6. The number of rotatable bonds is 3. The molecule has 1 atom stereocenters. The lowest BCUT2D eigenvalue weighted by atomic mass is 9.32. The van der Waals surface area contributed by atoms with E-state index in [-0.39, 0.29) is 56.1 Å². The number of allylic oxidation sites excluding steroid dienone is 2. The van der Waals surface area contributed by atoms with E-state index in [1.165, 1.54) is 121 Å². The lowest BCUT2D eigenvalue weighted by Crippen LogP contribution is -2.64. The average molecular weight is 931 g/mol. The molecule has 1 aromatic heterocycles. The molecule has 4 heteroatoms. The SMILES string of the molecule is CC(C)(C)C1=CCC(N2c3cc(-c4ccc5c(c4)C(C)(C)CCC5(C)C)cc4c3B(c3cc5c(cc3N4c3ccc(C(C)(C)C)cc3)C(C)(C)CCC5(C)C)c3c2oc2c3C(C)(C)CCC2(C)C)C=C1. The minimum absolute atomic E-state index is 0.00581. The highest BCUT2D eigenvalue weighted by molar-refractivity contribution is 7.00. The molecule has 0 saturated carbocycles. The summed E-state index contributed by atoms with van der Waals surface area (Å²) in [7, 11) is 0. The van der Waals surface area contributed by atoms with E-state index >= 15 is 0 Å². The number of benzene rings is 4. The van der Waals surface area contributed by atoms with Gasteiger partial charge >= 0.3 is 0 Å². The van der Waals surface area contributed by atoms with Gasteiger partial charge in [0.05, 0.1) is 6.04 Å². The normalized spacial score (nSPS) is 22.8. The second-order valence-corrected chi connectivity index (χ2v) is 29.0. The Balaban J connectivity index is 1.28. The van der Waals surface area contributed by atoms with Crippen molar-refractivity contribution >= 4 is 51.7 Å². The molecular weight excluding hydrogens is 848 g/mol. The van der Waals surface area contributed by atoms with Crippen LogP contribution in [0.25, 0.3) is 11.1 Å². The molecular formula is C66H83BN2O. The van der Waals surface area contributed by atoms with E-state index < -0.39 is 0 Å². The second kappa shape index (κ2) is 14.9. The van der Waals surface area contributed by atoms with E-state index in [0.717, 1.165) is 25.1 Å². The topological polar surface area (TPSA) is 19.6 Å². The molecule has 4 aromatic carbocycles. The molecule has 1 unspecified atom stereocenters. The molecule has 366 valence electrons. The summed E-state index contributed by atoms with van der Waals surface area (Å²) in [5.41, 5.74) is 22.4. The predicted molar refractivity (Wildman–Crippen MR) is 302 cm³/mol. The van der Waals surface area contributed by atoms with Gasteiger partial charge in [0.1, 0.15) is 5.76 Å². The van der Waals surface area contributed by atoms with Gasteiger partial charge in [-0.3, -0.25) is 0 Å². The van der Waals surface area contributed by atoms with Gasteiger partial charge < -0.3 is 14.2 Å². The summed E-state index contributed by atoms with van der Waals surface area (Å²) in [6.45, 7) is 43.7. The lowest BCUT2D eigenvalue weighted by molar-refractivity contribution is 0.279. The third-order valence-electron chi connectivity index (χ3n) is 19.0. The van der Waals surface area contributed by atoms with Crippen molar-refractivity contribution in [2.45, 2.75) is 214 Å². The zero-order chi connectivity index (χ0) is 50.3. The van der Waals surface area contributed by atoms with Gasteiger partial charge in [-0.2, -0.15) is 0 Å². The largest absolute Gasteiger partial charge is 0.445 e. The standard InChI is InChI=1S/C66H83BN2O/c1-59(2,3)42-20-24-44(25-21-42)68-51-39-49-48(63(11,12)31-32-64(49,13)14)38-50(51)67-55-52(68)36-41(40-19-28-46-47(35-40)62(9,10)30-29-61(46,7)8)37-53(55)69(45-26-22-43(23-27-45)60(4,5)6)58-56(67)54-57(70-58)66(17,18)34-33-65(54,15)16/h19-26,28,35-39,45H,27,29-34H2,1-18H3. The van der Waals surface area contributed by atoms with Crippen molar-refractivity contribution in [1.29, 1.82) is 0 Å². The maximum Gasteiger partial charge on any atom is 0.256 e. The van der Waals surface area contributed by atoms with Gasteiger partial charge in [0, 0.05) is 28.2 Å². The summed E-state index contributed by atoms with van der Waals surface area (Å²) in [6.07, 6.45) is 15.3. The Labute approximate surface area is 423 Å². The van der Waals surface area contributed by atoms with Gasteiger partial charge in [-0.05, 0) is 180 Å². The number of anilines is 5. The van der Waals surface area contributed by atoms with Crippen LogP contribution in [0, 0.1) is 5.41 Å². The van der Waals surface area contributed by atoms with Crippen LogP contribution in [0.4, 0.5) is 28.6 Å². The monoisotopic (exact) mass is 931 g/mol. The first-order valence-electron chi connectivity index (χ1n) is 27.2. The predicted octanol–water partition coefficient (Wildman–Crippen LogP) is 16.3. The van der Waals surface area contributed by atoms with E-state index in [9.17, 15) is 0 Å². The smallest absolute Gasteiger partial charge is 0.256 e. The third kappa shape index (κ3) is 7.16. The number of nitrogens with zero attached hydrogens (tertiary/aromatic N) is 2. The molecule has 4 aliphatic carbocycles. The van der Waals surface area contributed by atoms with Crippen LogP contribution in [-0.2, 0) is 37.9 Å². The molecule has 0 spiro atoms. The average Bonchev–Trinajstić information content (AvgIpc) is 3.70. The Morgan fingerprint density at radius 2 is 1.09 bits per heavy atom. The van der Waals surface area contributed by atoms with Gasteiger partial charge in [-0.1, -0.05) is 179 Å². The summed E-state index contributed by atoms with van der Waals surface area (Å²) in [6, 6.07) is 27.8. The lowest BCUT2D eigenvalue weighted by Gasteiger charge is -2.48. The number of furan rings is 1. The van der Waals surface area contributed by atoms with Gasteiger partial charge in [0.25, 0.3) is 6.71 Å². The van der Waals surface area contributed by atoms with Crippen molar-refractivity contribution in [3.05, 3.63) is 130 Å². The first-order chi connectivity index (χ1) is 32.4. The van der Waals surface area contributed by atoms with Crippen LogP contribution >= 0.6 is 0 Å². The molecule has 0 amide bonds. The van der Waals surface area contributed by atoms with Gasteiger partial charge in [0.2, 0.25) is 0 Å². The molecule has 0 saturated heterocycles. The highest BCUT2D eigenvalue weighted by Crippen LogP contribution is 2.55. The second-order valence-electron chi connectivity index (χ2n) is 29.0. The van der Waals surface area contributed by atoms with Crippen LogP contribution in [0.1, 0.15) is 209 Å². The van der Waals surface area contributed by atoms with Crippen molar-refractivity contribution in [2.75, 3.05) is 9.80 Å². The molecule has 70 heavy (non-hydrogen) atoms. The Hall–Kier alpha value is -4.70. The summed E-state index contributed by atoms with van der Waals surface area (Å²) in [4.78, 5) is 5.39. The Morgan fingerprint density at radius 3 is 1.67 bits per heavy atom. The number of hydrogen-bond donors (Lipinski definition) is 0. The van der Waals surface area contributed by atoms with E-state index in [1.807, 2.05) is 0 Å². The molecule has 11 rings (SSSR count). The summed E-state index contributed by atoms with van der Waals surface area (Å²) in [5, 5.41) is 0. The zero-order valence-corrected chi connectivity index (χ0v) is 46.5. The third-order valence-corrected chi connectivity index (χ3v) is 19.0. The van der Waals surface area contributed by atoms with E-state index in [4.69, 9.17) is 4.42 Å². The molecule has 0 N–H and O–H groups in total. The maximum absolute atomic E-state index is 7.78. The highest BCUT2D eigenvalue weighted by atomic mass is 16.4. The fraction of sp³-hybridized carbons (Fsp3) is 0.515. The Kier molecular flexibility index (Phi) is 10.2. The molecule has 5 aromatic rings. The van der Waals surface area contributed by atoms with Crippen molar-refractivity contribution in [1.82, 2.24) is 0 Å². The van der Waals surface area contributed by atoms with E-state index in [1.54, 1.807) is 0 Å². The van der Waals surface area contributed by atoms with Gasteiger partial charge in [-0.25, -0.2) is 0 Å². The van der Waals surface area contributed by atoms with Crippen molar-refractivity contribution in [2.24, 2.45) is 5.41 Å². The molecule has 0 bridgehead atoms. The summed E-state index contributed by atoms with van der Waals surface area (Å²) >= 11 is 0. The fourth-order valence-corrected chi connectivity index (χ4v) is 13.9. The molecule has 0 radical (unpaired) electrons. The molecule has 3 nitrogen and oxygen atoms in total. The van der Waals surface area contributed by atoms with Crippen LogP contribution in [0.3, 0.4) is 0 Å². The Morgan fingerprint density at radius 1 is 0.529 bits per heavy atom. The minimum atomic E-state index is -0.0976. The quantitative estimate of drug-likeness (QED) is 0.165. The van der Waals surface area contributed by atoms with Crippen LogP contribution in [0.5, 0.6) is 0 Å². The molecule has 3 heterocycles. The van der Waals surface area contributed by atoms with Crippen molar-refractivity contribution in [3.63, 3.8) is 0 Å².